The van der Waals surface area contributed by atoms with Crippen molar-refractivity contribution in [1.29, 1.82) is 0 Å². The summed E-state index contributed by atoms with van der Waals surface area (Å²) in [5.74, 6) is 0. The number of imidazole rings is 1. The number of thioether (sulfide) groups is 1. The number of nitrogens with one attached hydrogen (secondary N) is 1. The number of H-pyrrole nitrogens is 1. The minimum Gasteiger partial charge on any atom is -0.379 e. The van der Waals surface area contributed by atoms with E-state index in [1.807, 2.05) is 24.7 Å². The summed E-state index contributed by atoms with van der Waals surface area (Å²) in [6, 6.07) is 8.36. The summed E-state index contributed by atoms with van der Waals surface area (Å²) < 4.78 is 0. The summed E-state index contributed by atoms with van der Waals surface area (Å²) in [4.78, 5) is 20.1. The van der Waals surface area contributed by atoms with Crippen LogP contribution in [0.25, 0.3) is 11.1 Å². The molecule has 2 atom stereocenters. The van der Waals surface area contributed by atoms with Gasteiger partial charge in [-0.15, -0.1) is 0 Å². The Hall–Kier alpha value is -2.67. The van der Waals surface area contributed by atoms with Crippen molar-refractivity contribution >= 4 is 16.9 Å². The predicted octanol–water partition coefficient (Wildman–Crippen LogP) is 3.10. The van der Waals surface area contributed by atoms with Crippen LogP contribution in [0.5, 0.6) is 0 Å². The summed E-state index contributed by atoms with van der Waals surface area (Å²) >= 11 is 1.58. The zero-order valence-electron chi connectivity index (χ0n) is 12.8. The van der Waals surface area contributed by atoms with Gasteiger partial charge in [-0.3, -0.25) is 4.99 Å². The van der Waals surface area contributed by atoms with Gasteiger partial charge in [-0.05, 0) is 23.6 Å². The molecule has 0 spiro atoms. The SMILES string of the molecule is NC1=N[C@H](c2cccc(-c3cncnc3)c2)C[C@@H](c2cnc[nH]2)S1. The van der Waals surface area contributed by atoms with Crippen molar-refractivity contribution in [3.05, 3.63) is 66.8 Å². The Bertz CT molecular complexity index is 847. The number of nitrogens with two attached hydrogens (primary N) is 1. The molecule has 0 bridgehead atoms. The molecule has 24 heavy (non-hydrogen) atoms. The molecule has 0 amide bonds. The molecule has 3 N–H and O–H groups in total. The van der Waals surface area contributed by atoms with Crippen LogP contribution < -0.4 is 5.73 Å². The van der Waals surface area contributed by atoms with Crippen LogP contribution in [0.4, 0.5) is 0 Å². The Labute approximate surface area is 143 Å². The molecule has 1 aromatic carbocycles. The zero-order valence-corrected chi connectivity index (χ0v) is 13.6. The van der Waals surface area contributed by atoms with Crippen LogP contribution in [-0.2, 0) is 0 Å². The van der Waals surface area contributed by atoms with E-state index in [-0.39, 0.29) is 11.3 Å². The van der Waals surface area contributed by atoms with Gasteiger partial charge in [-0.25, -0.2) is 15.0 Å². The Morgan fingerprint density at radius 2 is 1.96 bits per heavy atom. The molecule has 0 saturated carbocycles. The van der Waals surface area contributed by atoms with Crippen LogP contribution in [-0.4, -0.2) is 25.1 Å². The van der Waals surface area contributed by atoms with Crippen LogP contribution in [0.2, 0.25) is 0 Å². The van der Waals surface area contributed by atoms with Gasteiger partial charge in [0.2, 0.25) is 0 Å². The molecule has 0 unspecified atom stereocenters. The molecule has 4 rings (SSSR count). The Morgan fingerprint density at radius 1 is 1.08 bits per heavy atom. The van der Waals surface area contributed by atoms with E-state index in [4.69, 9.17) is 5.73 Å². The highest BCUT2D eigenvalue weighted by Crippen LogP contribution is 2.42. The highest BCUT2D eigenvalue weighted by atomic mass is 32.2. The minimum absolute atomic E-state index is 0.0316. The smallest absolute Gasteiger partial charge is 0.155 e. The number of aromatic nitrogens is 4. The van der Waals surface area contributed by atoms with E-state index < -0.39 is 0 Å². The fourth-order valence-electron chi connectivity index (χ4n) is 2.85. The summed E-state index contributed by atoms with van der Waals surface area (Å²) in [5, 5.41) is 0.845. The molecule has 3 heterocycles. The van der Waals surface area contributed by atoms with Gasteiger partial charge in [-0.2, -0.15) is 0 Å². The van der Waals surface area contributed by atoms with Crippen molar-refractivity contribution in [2.45, 2.75) is 17.7 Å². The molecule has 0 saturated heterocycles. The largest absolute Gasteiger partial charge is 0.379 e. The van der Waals surface area contributed by atoms with Crippen molar-refractivity contribution in [2.24, 2.45) is 10.7 Å². The van der Waals surface area contributed by atoms with Crippen LogP contribution in [0.1, 0.15) is 29.0 Å². The number of amidine groups is 1. The minimum atomic E-state index is 0.0316. The lowest BCUT2D eigenvalue weighted by molar-refractivity contribution is 0.633. The van der Waals surface area contributed by atoms with Gasteiger partial charge in [0.1, 0.15) is 6.33 Å². The first-order chi connectivity index (χ1) is 11.8. The Morgan fingerprint density at radius 3 is 2.75 bits per heavy atom. The average molecular weight is 336 g/mol. The number of aromatic amines is 1. The first-order valence-electron chi connectivity index (χ1n) is 7.63. The fourth-order valence-corrected chi connectivity index (χ4v) is 3.86. The summed E-state index contributed by atoms with van der Waals surface area (Å²) in [7, 11) is 0. The second-order valence-electron chi connectivity index (χ2n) is 5.58. The van der Waals surface area contributed by atoms with Crippen LogP contribution >= 0.6 is 11.8 Å². The maximum atomic E-state index is 6.07. The van der Waals surface area contributed by atoms with Crippen molar-refractivity contribution in [2.75, 3.05) is 0 Å². The molecule has 7 heteroatoms. The van der Waals surface area contributed by atoms with Crippen LogP contribution in [0.3, 0.4) is 0 Å². The number of aliphatic imine (C=N–C) groups is 1. The first kappa shape index (κ1) is 14.9. The third-order valence-corrected chi connectivity index (χ3v) is 5.09. The molecule has 120 valence electrons. The van der Waals surface area contributed by atoms with E-state index in [2.05, 4.69) is 43.1 Å². The van der Waals surface area contributed by atoms with Crippen molar-refractivity contribution in [3.8, 4) is 11.1 Å². The second kappa shape index (κ2) is 6.45. The summed E-state index contributed by atoms with van der Waals surface area (Å²) in [5.41, 5.74) is 10.4. The summed E-state index contributed by atoms with van der Waals surface area (Å²) in [6.45, 7) is 0. The van der Waals surface area contributed by atoms with Gasteiger partial charge in [-0.1, -0.05) is 30.0 Å². The monoisotopic (exact) mass is 336 g/mol. The van der Waals surface area contributed by atoms with E-state index in [0.29, 0.717) is 5.17 Å². The number of benzene rings is 1. The van der Waals surface area contributed by atoms with Gasteiger partial charge in [0.05, 0.1) is 17.6 Å². The number of hydrogen-bond donors (Lipinski definition) is 2. The van der Waals surface area contributed by atoms with E-state index in [9.17, 15) is 0 Å². The topological polar surface area (TPSA) is 92.8 Å². The predicted molar refractivity (Wildman–Crippen MR) is 95.4 cm³/mol. The molecular weight excluding hydrogens is 320 g/mol. The maximum Gasteiger partial charge on any atom is 0.155 e. The highest BCUT2D eigenvalue weighted by Gasteiger charge is 2.26. The average Bonchev–Trinajstić information content (AvgIpc) is 3.17. The van der Waals surface area contributed by atoms with Gasteiger partial charge in [0.25, 0.3) is 0 Å². The molecule has 6 nitrogen and oxygen atoms in total. The van der Waals surface area contributed by atoms with Crippen LogP contribution in [0.15, 0.2) is 60.5 Å². The van der Waals surface area contributed by atoms with Gasteiger partial charge >= 0.3 is 0 Å². The van der Waals surface area contributed by atoms with Gasteiger partial charge < -0.3 is 10.7 Å². The molecule has 1 aliphatic heterocycles. The quantitative estimate of drug-likeness (QED) is 0.766. The molecule has 0 fully saturated rings. The van der Waals surface area contributed by atoms with Gasteiger partial charge in [0, 0.05) is 29.8 Å². The van der Waals surface area contributed by atoms with Crippen LogP contribution in [0, 0.1) is 0 Å². The lowest BCUT2D eigenvalue weighted by Gasteiger charge is -2.25. The lowest BCUT2D eigenvalue weighted by atomic mass is 9.97. The molecular formula is C17H16N6S. The van der Waals surface area contributed by atoms with E-state index in [0.717, 1.165) is 28.8 Å². The molecule has 3 aromatic rings. The van der Waals surface area contributed by atoms with Crippen molar-refractivity contribution < 1.29 is 0 Å². The standard InChI is InChI=1S/C17H16N6S/c18-17-23-14(5-16(24-17)15-8-21-10-22-15)12-3-1-2-11(4-12)13-6-19-9-20-7-13/h1-4,6-10,14,16H,5H2,(H2,18,23)(H,21,22)/t14-,16-/m0/s1. The van der Waals surface area contributed by atoms with Crippen molar-refractivity contribution in [3.63, 3.8) is 0 Å². The normalized spacial score (nSPS) is 20.6. The zero-order chi connectivity index (χ0) is 16.4. The molecule has 2 aromatic heterocycles. The fraction of sp³-hybridized carbons (Fsp3) is 0.176. The lowest BCUT2D eigenvalue weighted by Crippen LogP contribution is -2.18. The number of hydrogen-bond acceptors (Lipinski definition) is 6. The van der Waals surface area contributed by atoms with E-state index >= 15 is 0 Å². The third kappa shape index (κ3) is 3.03. The molecule has 1 aliphatic rings. The highest BCUT2D eigenvalue weighted by molar-refractivity contribution is 8.14. The molecule has 0 aliphatic carbocycles. The summed E-state index contributed by atoms with van der Waals surface area (Å²) in [6.07, 6.45) is 9.59. The maximum absolute atomic E-state index is 6.07. The van der Waals surface area contributed by atoms with E-state index in [1.165, 1.54) is 6.33 Å². The number of nitrogens with zero attached hydrogens (tertiary/aromatic N) is 4. The van der Waals surface area contributed by atoms with Gasteiger partial charge in [0.15, 0.2) is 5.17 Å². The second-order valence-corrected chi connectivity index (χ2v) is 6.81. The Balaban J connectivity index is 1.65. The van der Waals surface area contributed by atoms with E-state index in [1.54, 1.807) is 18.1 Å². The van der Waals surface area contributed by atoms with Crippen molar-refractivity contribution in [1.82, 2.24) is 19.9 Å². The third-order valence-electron chi connectivity index (χ3n) is 4.01. The Kier molecular flexibility index (Phi) is 4.00. The number of rotatable bonds is 3. The first-order valence-corrected chi connectivity index (χ1v) is 8.51. The molecule has 0 radical (unpaired) electrons.